The Labute approximate surface area is 141 Å². The monoisotopic (exact) mass is 350 g/mol. The fourth-order valence-corrected chi connectivity index (χ4v) is 2.49. The lowest BCUT2D eigenvalue weighted by molar-refractivity contribution is -0.116. The van der Waals surface area contributed by atoms with Gasteiger partial charge in [0.1, 0.15) is 5.52 Å². The maximum Gasteiger partial charge on any atom is 0.228 e. The normalized spacial score (nSPS) is 11.0. The number of nitrogens with one attached hydrogen (secondary N) is 1. The Kier molecular flexibility index (Phi) is 4.49. The molecule has 0 spiro atoms. The lowest BCUT2D eigenvalue weighted by Crippen LogP contribution is -2.10. The molecule has 0 fully saturated rings. The Hall–Kier alpha value is -2.47. The summed E-state index contributed by atoms with van der Waals surface area (Å²) >= 11 is 5.93. The molecule has 0 saturated heterocycles. The van der Waals surface area contributed by atoms with Gasteiger partial charge < -0.3 is 9.73 Å². The van der Waals surface area contributed by atoms with Crippen LogP contribution in [0.15, 0.2) is 34.7 Å². The second kappa shape index (κ2) is 6.57. The largest absolute Gasteiger partial charge is 0.436 e. The molecule has 7 heteroatoms. The van der Waals surface area contributed by atoms with Crippen LogP contribution in [0.3, 0.4) is 0 Å². The van der Waals surface area contributed by atoms with Gasteiger partial charge in [0, 0.05) is 12.1 Å². The molecule has 3 aromatic rings. The molecule has 24 heavy (non-hydrogen) atoms. The van der Waals surface area contributed by atoms with Gasteiger partial charge in [-0.25, -0.2) is 13.8 Å². The van der Waals surface area contributed by atoms with Gasteiger partial charge in [0.15, 0.2) is 17.2 Å². The van der Waals surface area contributed by atoms with Crippen molar-refractivity contribution in [3.63, 3.8) is 0 Å². The number of aromatic nitrogens is 1. The van der Waals surface area contributed by atoms with E-state index in [0.29, 0.717) is 23.2 Å². The molecule has 1 N–H and O–H groups in total. The van der Waals surface area contributed by atoms with Crippen molar-refractivity contribution in [3.05, 3.63) is 47.0 Å². The third-order valence-electron chi connectivity index (χ3n) is 3.39. The number of benzene rings is 2. The van der Waals surface area contributed by atoms with E-state index in [1.54, 1.807) is 18.2 Å². The molecule has 1 amide bonds. The first-order valence-electron chi connectivity index (χ1n) is 7.33. The molecule has 0 aliphatic heterocycles. The topological polar surface area (TPSA) is 55.1 Å². The van der Waals surface area contributed by atoms with Gasteiger partial charge in [0.25, 0.3) is 0 Å². The predicted octanol–water partition coefficient (Wildman–Crippen LogP) is 5.17. The zero-order chi connectivity index (χ0) is 17.3. The highest BCUT2D eigenvalue weighted by Crippen LogP contribution is 2.32. The third-order valence-corrected chi connectivity index (χ3v) is 3.70. The van der Waals surface area contributed by atoms with Crippen LogP contribution in [0.5, 0.6) is 0 Å². The van der Waals surface area contributed by atoms with Gasteiger partial charge in [0.2, 0.25) is 11.8 Å². The Morgan fingerprint density at radius 1 is 1.25 bits per heavy atom. The first-order chi connectivity index (χ1) is 11.5. The fraction of sp³-hybridized carbons (Fsp3) is 0.176. The van der Waals surface area contributed by atoms with Gasteiger partial charge in [-0.1, -0.05) is 18.5 Å². The standard InChI is InChI=1S/C17H13ClF2N2O2/c1-2-3-16(23)21-9-4-5-15-14(6-9)22-17(24-15)10-7-12(19)13(20)8-11(10)18/h4-8H,2-3H2,1H3,(H,21,23). The van der Waals surface area contributed by atoms with Crippen LogP contribution in [0, 0.1) is 11.6 Å². The maximum atomic E-state index is 13.4. The van der Waals surface area contributed by atoms with Crippen molar-refractivity contribution in [1.29, 1.82) is 0 Å². The van der Waals surface area contributed by atoms with Crippen LogP contribution in [0.25, 0.3) is 22.6 Å². The molecule has 124 valence electrons. The molecular formula is C17H13ClF2N2O2. The maximum absolute atomic E-state index is 13.4. The molecule has 0 radical (unpaired) electrons. The number of nitrogens with zero attached hydrogens (tertiary/aromatic N) is 1. The summed E-state index contributed by atoms with van der Waals surface area (Å²) < 4.78 is 32.1. The van der Waals surface area contributed by atoms with Crippen molar-refractivity contribution in [2.24, 2.45) is 0 Å². The summed E-state index contributed by atoms with van der Waals surface area (Å²) in [6, 6.07) is 6.77. The van der Waals surface area contributed by atoms with Gasteiger partial charge in [-0.3, -0.25) is 4.79 Å². The van der Waals surface area contributed by atoms with Crippen LogP contribution >= 0.6 is 11.6 Å². The molecule has 1 heterocycles. The van der Waals surface area contributed by atoms with Gasteiger partial charge in [0.05, 0.1) is 10.6 Å². The number of anilines is 1. The summed E-state index contributed by atoms with van der Waals surface area (Å²) in [5.74, 6) is -2.10. The highest BCUT2D eigenvalue weighted by Gasteiger charge is 2.16. The van der Waals surface area contributed by atoms with E-state index in [2.05, 4.69) is 10.3 Å². The highest BCUT2D eigenvalue weighted by atomic mass is 35.5. The van der Waals surface area contributed by atoms with E-state index in [1.807, 2.05) is 6.92 Å². The minimum absolute atomic E-state index is 0.00284. The van der Waals surface area contributed by atoms with E-state index in [4.69, 9.17) is 16.0 Å². The van der Waals surface area contributed by atoms with Crippen molar-refractivity contribution in [3.8, 4) is 11.5 Å². The van der Waals surface area contributed by atoms with Crippen LogP contribution in [-0.4, -0.2) is 10.9 Å². The van der Waals surface area contributed by atoms with Crippen LogP contribution in [0.2, 0.25) is 5.02 Å². The molecule has 4 nitrogen and oxygen atoms in total. The number of carbonyl (C=O) groups is 1. The number of rotatable bonds is 4. The van der Waals surface area contributed by atoms with Gasteiger partial charge in [-0.05, 0) is 36.8 Å². The van der Waals surface area contributed by atoms with E-state index in [9.17, 15) is 13.6 Å². The second-order valence-electron chi connectivity index (χ2n) is 5.25. The lowest BCUT2D eigenvalue weighted by Gasteiger charge is -2.02. The molecule has 3 rings (SSSR count). The molecule has 0 atom stereocenters. The number of hydrogen-bond donors (Lipinski definition) is 1. The minimum atomic E-state index is -1.04. The number of carbonyl (C=O) groups excluding carboxylic acids is 1. The summed E-state index contributed by atoms with van der Waals surface area (Å²) in [4.78, 5) is 15.9. The van der Waals surface area contributed by atoms with E-state index < -0.39 is 11.6 Å². The van der Waals surface area contributed by atoms with Crippen LogP contribution < -0.4 is 5.32 Å². The van der Waals surface area contributed by atoms with Gasteiger partial charge in [-0.15, -0.1) is 0 Å². The van der Waals surface area contributed by atoms with Crippen molar-refractivity contribution in [2.45, 2.75) is 19.8 Å². The number of halogens is 3. The van der Waals surface area contributed by atoms with Crippen molar-refractivity contribution >= 4 is 34.3 Å². The first kappa shape index (κ1) is 16.4. The number of oxazole rings is 1. The lowest BCUT2D eigenvalue weighted by atomic mass is 10.2. The Balaban J connectivity index is 1.97. The molecule has 1 aromatic heterocycles. The van der Waals surface area contributed by atoms with Gasteiger partial charge in [-0.2, -0.15) is 0 Å². The summed E-state index contributed by atoms with van der Waals surface area (Å²) in [5.41, 5.74) is 1.65. The summed E-state index contributed by atoms with van der Waals surface area (Å²) in [6.07, 6.45) is 1.17. The van der Waals surface area contributed by atoms with E-state index >= 15 is 0 Å². The van der Waals surface area contributed by atoms with Gasteiger partial charge >= 0.3 is 0 Å². The molecular weight excluding hydrogens is 338 g/mol. The first-order valence-corrected chi connectivity index (χ1v) is 7.71. The van der Waals surface area contributed by atoms with Crippen molar-refractivity contribution in [2.75, 3.05) is 5.32 Å². The van der Waals surface area contributed by atoms with Crippen molar-refractivity contribution < 1.29 is 18.0 Å². The number of hydrogen-bond acceptors (Lipinski definition) is 3. The van der Waals surface area contributed by atoms with E-state index in [-0.39, 0.29) is 22.4 Å². The third kappa shape index (κ3) is 3.23. The fourth-order valence-electron chi connectivity index (χ4n) is 2.26. The predicted molar refractivity (Wildman–Crippen MR) is 87.9 cm³/mol. The molecule has 0 aliphatic rings. The Bertz CT molecular complexity index is 924. The zero-order valence-corrected chi connectivity index (χ0v) is 13.5. The number of amides is 1. The summed E-state index contributed by atoms with van der Waals surface area (Å²) in [5, 5.41) is 2.75. The minimum Gasteiger partial charge on any atom is -0.436 e. The van der Waals surface area contributed by atoms with E-state index in [1.165, 1.54) is 0 Å². The Morgan fingerprint density at radius 2 is 2.00 bits per heavy atom. The van der Waals surface area contributed by atoms with Crippen LogP contribution in [0.4, 0.5) is 14.5 Å². The molecule has 0 unspecified atom stereocenters. The molecule has 2 aromatic carbocycles. The average Bonchev–Trinajstić information content (AvgIpc) is 2.94. The molecule has 0 aliphatic carbocycles. The SMILES string of the molecule is CCCC(=O)Nc1ccc2oc(-c3cc(F)c(F)cc3Cl)nc2c1. The van der Waals surface area contributed by atoms with Crippen LogP contribution in [0.1, 0.15) is 19.8 Å². The smallest absolute Gasteiger partial charge is 0.228 e. The second-order valence-corrected chi connectivity index (χ2v) is 5.65. The van der Waals surface area contributed by atoms with Crippen molar-refractivity contribution in [1.82, 2.24) is 4.98 Å². The summed E-state index contributed by atoms with van der Waals surface area (Å²) in [6.45, 7) is 1.91. The van der Waals surface area contributed by atoms with E-state index in [0.717, 1.165) is 18.6 Å². The Morgan fingerprint density at radius 3 is 2.75 bits per heavy atom. The average molecular weight is 351 g/mol. The molecule has 0 saturated carbocycles. The zero-order valence-electron chi connectivity index (χ0n) is 12.7. The number of fused-ring (bicyclic) bond motifs is 1. The molecule has 0 bridgehead atoms. The van der Waals surface area contributed by atoms with Crippen LogP contribution in [-0.2, 0) is 4.79 Å². The summed E-state index contributed by atoms with van der Waals surface area (Å²) in [7, 11) is 0. The highest BCUT2D eigenvalue weighted by molar-refractivity contribution is 6.33. The quantitative estimate of drug-likeness (QED) is 0.661.